The number of fused-ring (bicyclic) bond motifs is 1. The fourth-order valence-corrected chi connectivity index (χ4v) is 2.09. The lowest BCUT2D eigenvalue weighted by atomic mass is 10.1. The lowest BCUT2D eigenvalue weighted by Gasteiger charge is -2.08. The highest BCUT2D eigenvalue weighted by Crippen LogP contribution is 2.20. The molecule has 0 saturated carbocycles. The number of rotatable bonds is 3. The molecule has 21 heavy (non-hydrogen) atoms. The highest BCUT2D eigenvalue weighted by molar-refractivity contribution is 6.08. The third kappa shape index (κ3) is 2.61. The van der Waals surface area contributed by atoms with Gasteiger partial charge >= 0.3 is 0 Å². The van der Waals surface area contributed by atoms with Crippen LogP contribution in [0, 0.1) is 0 Å². The fraction of sp³-hybridized carbons (Fsp3) is 0.133. The van der Waals surface area contributed by atoms with Gasteiger partial charge in [-0.25, -0.2) is 4.98 Å². The van der Waals surface area contributed by atoms with Crippen LogP contribution >= 0.6 is 0 Å². The first-order valence-electron chi connectivity index (χ1n) is 6.60. The number of anilines is 1. The summed E-state index contributed by atoms with van der Waals surface area (Å²) in [6.45, 7) is 1.90. The number of aromatic nitrogens is 3. The summed E-state index contributed by atoms with van der Waals surface area (Å²) in [5.74, 6) is -0.181. The number of carbonyl (C=O) groups excluding carboxylic acids is 1. The number of benzene rings is 1. The summed E-state index contributed by atoms with van der Waals surface area (Å²) >= 11 is 0. The van der Waals surface area contributed by atoms with Crippen LogP contribution in [0.4, 0.5) is 5.69 Å². The zero-order valence-corrected chi connectivity index (χ0v) is 11.5. The Bertz CT molecular complexity index is 776. The number of H-pyrrole nitrogens is 1. The number of nitrogens with one attached hydrogen (secondary N) is 2. The molecule has 0 aliphatic carbocycles. The number of aromatic amines is 1. The Kier molecular flexibility index (Phi) is 3.37. The molecule has 3 rings (SSSR count). The molecule has 0 fully saturated rings. The lowest BCUT2D eigenvalue weighted by molar-refractivity contribution is 0.102. The minimum absolute atomic E-state index is 0.0483. The number of nitrogens with zero attached hydrogens (tertiary/aromatic N) is 2. The van der Waals surface area contributed by atoms with Crippen molar-refractivity contribution in [2.24, 2.45) is 5.73 Å². The molecule has 1 aromatic carbocycles. The number of carbonyl (C=O) groups is 1. The third-order valence-electron chi connectivity index (χ3n) is 3.30. The van der Waals surface area contributed by atoms with E-state index in [4.69, 9.17) is 5.73 Å². The van der Waals surface area contributed by atoms with E-state index in [1.807, 2.05) is 19.1 Å². The molecule has 2 aromatic heterocycles. The Morgan fingerprint density at radius 2 is 2.05 bits per heavy atom. The van der Waals surface area contributed by atoms with E-state index in [1.54, 1.807) is 30.6 Å². The molecule has 1 atom stereocenters. The molecule has 0 aliphatic heterocycles. The second-order valence-electron chi connectivity index (χ2n) is 4.86. The molecule has 2 heterocycles. The maximum absolute atomic E-state index is 12.3. The van der Waals surface area contributed by atoms with Crippen molar-refractivity contribution in [3.8, 4) is 0 Å². The van der Waals surface area contributed by atoms with Gasteiger partial charge in [0.1, 0.15) is 0 Å². The molecule has 1 unspecified atom stereocenters. The highest BCUT2D eigenvalue weighted by Gasteiger charge is 2.10. The summed E-state index contributed by atoms with van der Waals surface area (Å²) < 4.78 is 0. The smallest absolute Gasteiger partial charge is 0.255 e. The second kappa shape index (κ2) is 5.34. The van der Waals surface area contributed by atoms with E-state index < -0.39 is 0 Å². The monoisotopic (exact) mass is 281 g/mol. The van der Waals surface area contributed by atoms with Gasteiger partial charge in [0.15, 0.2) is 5.65 Å². The van der Waals surface area contributed by atoms with Gasteiger partial charge in [-0.2, -0.15) is 5.10 Å². The van der Waals surface area contributed by atoms with Crippen molar-refractivity contribution in [1.29, 1.82) is 0 Å². The van der Waals surface area contributed by atoms with Crippen molar-refractivity contribution in [2.45, 2.75) is 13.0 Å². The standard InChI is InChI=1S/C15H15N5O/c1-9(16)10-2-4-11(5-3-10)15(21)19-13-6-7-17-14-12(13)8-18-20-14/h2-9H,16H2,1H3,(H2,17,18,19,20,21). The largest absolute Gasteiger partial charge is 0.324 e. The molecule has 0 aliphatic rings. The minimum atomic E-state index is -0.181. The molecule has 106 valence electrons. The first kappa shape index (κ1) is 13.3. The van der Waals surface area contributed by atoms with Gasteiger partial charge in [-0.15, -0.1) is 0 Å². The van der Waals surface area contributed by atoms with E-state index in [2.05, 4.69) is 20.5 Å². The first-order valence-corrected chi connectivity index (χ1v) is 6.60. The topological polar surface area (TPSA) is 96.7 Å². The van der Waals surface area contributed by atoms with Crippen molar-refractivity contribution in [2.75, 3.05) is 5.32 Å². The van der Waals surface area contributed by atoms with Crippen LogP contribution in [0.3, 0.4) is 0 Å². The van der Waals surface area contributed by atoms with Crippen molar-refractivity contribution < 1.29 is 4.79 Å². The predicted molar refractivity (Wildman–Crippen MR) is 80.9 cm³/mol. The summed E-state index contributed by atoms with van der Waals surface area (Å²) in [5.41, 5.74) is 8.68. The molecule has 6 heteroatoms. The molecule has 4 N–H and O–H groups in total. The average Bonchev–Trinajstić information content (AvgIpc) is 2.97. The van der Waals surface area contributed by atoms with Crippen LogP contribution in [0.25, 0.3) is 11.0 Å². The zero-order chi connectivity index (χ0) is 14.8. The van der Waals surface area contributed by atoms with Gasteiger partial charge in [-0.3, -0.25) is 9.89 Å². The van der Waals surface area contributed by atoms with Crippen LogP contribution in [-0.2, 0) is 0 Å². The normalized spacial score (nSPS) is 12.3. The van der Waals surface area contributed by atoms with Crippen LogP contribution in [0.5, 0.6) is 0 Å². The average molecular weight is 281 g/mol. The SMILES string of the molecule is CC(N)c1ccc(C(=O)Nc2ccnc3[nH]ncc23)cc1. The van der Waals surface area contributed by atoms with Gasteiger partial charge in [0, 0.05) is 17.8 Å². The second-order valence-corrected chi connectivity index (χ2v) is 4.86. The van der Waals surface area contributed by atoms with Crippen LogP contribution in [0.1, 0.15) is 28.9 Å². The number of hydrogen-bond acceptors (Lipinski definition) is 4. The Balaban J connectivity index is 1.84. The molecule has 1 amide bonds. The zero-order valence-electron chi connectivity index (χ0n) is 11.5. The third-order valence-corrected chi connectivity index (χ3v) is 3.30. The summed E-state index contributed by atoms with van der Waals surface area (Å²) in [6.07, 6.45) is 3.26. The number of amides is 1. The lowest BCUT2D eigenvalue weighted by Crippen LogP contribution is -2.12. The Hall–Kier alpha value is -2.73. The molecule has 0 spiro atoms. The van der Waals surface area contributed by atoms with Crippen LogP contribution in [-0.4, -0.2) is 21.1 Å². The van der Waals surface area contributed by atoms with Gasteiger partial charge in [-0.05, 0) is 30.7 Å². The van der Waals surface area contributed by atoms with E-state index in [0.29, 0.717) is 16.9 Å². The van der Waals surface area contributed by atoms with E-state index in [0.717, 1.165) is 10.9 Å². The van der Waals surface area contributed by atoms with Crippen molar-refractivity contribution >= 4 is 22.6 Å². The molecule has 0 saturated heterocycles. The molecular formula is C15H15N5O. The van der Waals surface area contributed by atoms with Gasteiger partial charge in [0.25, 0.3) is 5.91 Å². The highest BCUT2D eigenvalue weighted by atomic mass is 16.1. The molecule has 0 bridgehead atoms. The van der Waals surface area contributed by atoms with Crippen LogP contribution in [0.2, 0.25) is 0 Å². The Morgan fingerprint density at radius 3 is 2.76 bits per heavy atom. The number of pyridine rings is 1. The summed E-state index contributed by atoms with van der Waals surface area (Å²) in [4.78, 5) is 16.4. The number of nitrogens with two attached hydrogens (primary N) is 1. The summed E-state index contributed by atoms with van der Waals surface area (Å²) in [6, 6.07) is 8.95. The molecule has 6 nitrogen and oxygen atoms in total. The van der Waals surface area contributed by atoms with Gasteiger partial charge < -0.3 is 11.1 Å². The van der Waals surface area contributed by atoms with Crippen molar-refractivity contribution in [3.05, 3.63) is 53.9 Å². The van der Waals surface area contributed by atoms with Crippen LogP contribution < -0.4 is 11.1 Å². The molecule has 3 aromatic rings. The quantitative estimate of drug-likeness (QED) is 0.685. The van der Waals surface area contributed by atoms with Gasteiger partial charge in [-0.1, -0.05) is 12.1 Å². The minimum Gasteiger partial charge on any atom is -0.324 e. The van der Waals surface area contributed by atoms with E-state index in [1.165, 1.54) is 0 Å². The first-order chi connectivity index (χ1) is 10.1. The summed E-state index contributed by atoms with van der Waals surface area (Å²) in [5, 5.41) is 10.3. The Labute approximate surface area is 121 Å². The van der Waals surface area contributed by atoms with E-state index >= 15 is 0 Å². The fourth-order valence-electron chi connectivity index (χ4n) is 2.09. The van der Waals surface area contributed by atoms with E-state index in [-0.39, 0.29) is 11.9 Å². The molecular weight excluding hydrogens is 266 g/mol. The van der Waals surface area contributed by atoms with Crippen molar-refractivity contribution in [3.63, 3.8) is 0 Å². The van der Waals surface area contributed by atoms with Crippen LogP contribution in [0.15, 0.2) is 42.7 Å². The van der Waals surface area contributed by atoms with Gasteiger partial charge in [0.05, 0.1) is 17.3 Å². The van der Waals surface area contributed by atoms with E-state index in [9.17, 15) is 4.79 Å². The Morgan fingerprint density at radius 1 is 1.29 bits per heavy atom. The maximum Gasteiger partial charge on any atom is 0.255 e. The number of hydrogen-bond donors (Lipinski definition) is 3. The predicted octanol–water partition coefficient (Wildman–Crippen LogP) is 2.23. The summed E-state index contributed by atoms with van der Waals surface area (Å²) in [7, 11) is 0. The maximum atomic E-state index is 12.3. The van der Waals surface area contributed by atoms with Crippen molar-refractivity contribution in [1.82, 2.24) is 15.2 Å². The van der Waals surface area contributed by atoms with Gasteiger partial charge in [0.2, 0.25) is 0 Å². The molecule has 0 radical (unpaired) electrons.